The van der Waals surface area contributed by atoms with Gasteiger partial charge in [0.25, 0.3) is 5.91 Å². The van der Waals surface area contributed by atoms with Gasteiger partial charge in [0.2, 0.25) is 0 Å². The molecule has 1 heterocycles. The van der Waals surface area contributed by atoms with Gasteiger partial charge in [-0.1, -0.05) is 12.0 Å². The van der Waals surface area contributed by atoms with Gasteiger partial charge in [-0.05, 0) is 25.1 Å². The molecule has 0 saturated carbocycles. The second kappa shape index (κ2) is 7.02. The van der Waals surface area contributed by atoms with Gasteiger partial charge in [0.05, 0.1) is 6.61 Å². The van der Waals surface area contributed by atoms with E-state index >= 15 is 0 Å². The molecule has 0 aliphatic rings. The standard InChI is InChI=1S/C16H16N2O2S/c1-4-12-7-6-8-13(9-12)18(5-2)16(19)14-11-21-15(17-14)10-20-3/h1,6-9,11H,5,10H2,2-3H3. The third-order valence-corrected chi connectivity index (χ3v) is 3.75. The van der Waals surface area contributed by atoms with E-state index < -0.39 is 0 Å². The number of carbonyl (C=O) groups excluding carboxylic acids is 1. The third-order valence-electron chi connectivity index (χ3n) is 2.92. The summed E-state index contributed by atoms with van der Waals surface area (Å²) in [6.07, 6.45) is 5.41. The van der Waals surface area contributed by atoms with Crippen molar-refractivity contribution in [1.82, 2.24) is 4.98 Å². The Kier molecular flexibility index (Phi) is 5.09. The molecule has 5 heteroatoms. The molecular formula is C16H16N2O2S. The first-order chi connectivity index (χ1) is 10.2. The molecule has 0 unspecified atom stereocenters. The minimum Gasteiger partial charge on any atom is -0.378 e. The van der Waals surface area contributed by atoms with Crippen LogP contribution >= 0.6 is 11.3 Å². The summed E-state index contributed by atoms with van der Waals surface area (Å²) in [5, 5.41) is 2.54. The zero-order valence-corrected chi connectivity index (χ0v) is 12.8. The summed E-state index contributed by atoms with van der Waals surface area (Å²) in [4.78, 5) is 18.5. The molecule has 0 atom stereocenters. The summed E-state index contributed by atoms with van der Waals surface area (Å²) < 4.78 is 5.02. The predicted octanol–water partition coefficient (Wildman–Crippen LogP) is 2.94. The highest BCUT2D eigenvalue weighted by Crippen LogP contribution is 2.20. The van der Waals surface area contributed by atoms with E-state index in [0.717, 1.165) is 16.3 Å². The second-order valence-corrected chi connectivity index (χ2v) is 5.25. The second-order valence-electron chi connectivity index (χ2n) is 4.30. The third kappa shape index (κ3) is 3.48. The van der Waals surface area contributed by atoms with Crippen molar-refractivity contribution in [1.29, 1.82) is 0 Å². The molecule has 0 fully saturated rings. The molecule has 0 spiro atoms. The lowest BCUT2D eigenvalue weighted by Crippen LogP contribution is -2.30. The molecule has 0 saturated heterocycles. The quantitative estimate of drug-likeness (QED) is 0.797. The van der Waals surface area contributed by atoms with Crippen LogP contribution in [0.1, 0.15) is 28.0 Å². The lowest BCUT2D eigenvalue weighted by molar-refractivity contribution is 0.0983. The SMILES string of the molecule is C#Cc1cccc(N(CC)C(=O)c2csc(COC)n2)c1. The highest BCUT2D eigenvalue weighted by Gasteiger charge is 2.19. The van der Waals surface area contributed by atoms with Crippen LogP contribution in [-0.4, -0.2) is 24.5 Å². The van der Waals surface area contributed by atoms with Crippen molar-refractivity contribution in [2.24, 2.45) is 0 Å². The molecule has 0 N–H and O–H groups in total. The van der Waals surface area contributed by atoms with Gasteiger partial charge in [-0.15, -0.1) is 17.8 Å². The Labute approximate surface area is 128 Å². The van der Waals surface area contributed by atoms with Gasteiger partial charge in [0.1, 0.15) is 10.7 Å². The largest absolute Gasteiger partial charge is 0.378 e. The fourth-order valence-electron chi connectivity index (χ4n) is 1.94. The Hall–Kier alpha value is -2.16. The van der Waals surface area contributed by atoms with Crippen molar-refractivity contribution in [2.75, 3.05) is 18.6 Å². The number of methoxy groups -OCH3 is 1. The van der Waals surface area contributed by atoms with Gasteiger partial charge in [-0.3, -0.25) is 4.79 Å². The van der Waals surface area contributed by atoms with Crippen molar-refractivity contribution in [2.45, 2.75) is 13.5 Å². The van der Waals surface area contributed by atoms with Gasteiger partial charge in [0.15, 0.2) is 0 Å². The normalized spacial score (nSPS) is 10.1. The van der Waals surface area contributed by atoms with Gasteiger partial charge in [-0.25, -0.2) is 4.98 Å². The van der Waals surface area contributed by atoms with Gasteiger partial charge >= 0.3 is 0 Å². The lowest BCUT2D eigenvalue weighted by atomic mass is 10.2. The van der Waals surface area contributed by atoms with Crippen LogP contribution in [0.15, 0.2) is 29.6 Å². The Morgan fingerprint density at radius 3 is 3.00 bits per heavy atom. The molecule has 4 nitrogen and oxygen atoms in total. The summed E-state index contributed by atoms with van der Waals surface area (Å²) in [5.41, 5.74) is 1.95. The van der Waals surface area contributed by atoms with Crippen LogP contribution in [0.5, 0.6) is 0 Å². The average Bonchev–Trinajstić information content (AvgIpc) is 2.97. The highest BCUT2D eigenvalue weighted by molar-refractivity contribution is 7.09. The first-order valence-electron chi connectivity index (χ1n) is 6.51. The molecule has 1 aromatic carbocycles. The average molecular weight is 300 g/mol. The summed E-state index contributed by atoms with van der Waals surface area (Å²) in [6.45, 7) is 2.88. The Balaban J connectivity index is 2.27. The number of rotatable bonds is 5. The van der Waals surface area contributed by atoms with E-state index in [2.05, 4.69) is 10.9 Å². The monoisotopic (exact) mass is 300 g/mol. The summed E-state index contributed by atoms with van der Waals surface area (Å²) in [7, 11) is 1.60. The maximum Gasteiger partial charge on any atom is 0.277 e. The van der Waals surface area contributed by atoms with E-state index in [0.29, 0.717) is 18.8 Å². The number of carbonyl (C=O) groups is 1. The first kappa shape index (κ1) is 15.2. The van der Waals surface area contributed by atoms with Gasteiger partial charge in [-0.2, -0.15) is 0 Å². The number of ether oxygens (including phenoxy) is 1. The molecule has 2 rings (SSSR count). The van der Waals surface area contributed by atoms with Crippen LogP contribution < -0.4 is 4.90 Å². The first-order valence-corrected chi connectivity index (χ1v) is 7.39. The van der Waals surface area contributed by atoms with Crippen LogP contribution in [0.4, 0.5) is 5.69 Å². The van der Waals surface area contributed by atoms with E-state index in [9.17, 15) is 4.79 Å². The molecule has 108 valence electrons. The van der Waals surface area contributed by atoms with Crippen LogP contribution in [0.25, 0.3) is 0 Å². The number of anilines is 1. The van der Waals surface area contributed by atoms with Crippen LogP contribution in [0.3, 0.4) is 0 Å². The number of aromatic nitrogens is 1. The number of amides is 1. The molecule has 0 radical (unpaired) electrons. The fraction of sp³-hybridized carbons (Fsp3) is 0.250. The van der Waals surface area contributed by atoms with E-state index in [-0.39, 0.29) is 5.91 Å². The molecule has 2 aromatic rings. The number of hydrogen-bond donors (Lipinski definition) is 0. The minimum atomic E-state index is -0.134. The Bertz CT molecular complexity index is 673. The number of terminal acetylenes is 1. The molecule has 0 aliphatic carbocycles. The smallest absolute Gasteiger partial charge is 0.277 e. The molecule has 21 heavy (non-hydrogen) atoms. The number of nitrogens with zero attached hydrogens (tertiary/aromatic N) is 2. The van der Waals surface area contributed by atoms with Gasteiger partial charge < -0.3 is 9.64 Å². The zero-order valence-electron chi connectivity index (χ0n) is 12.0. The molecule has 0 aliphatic heterocycles. The van der Waals surface area contributed by atoms with Gasteiger partial charge in [0, 0.05) is 30.3 Å². The Morgan fingerprint density at radius 1 is 1.52 bits per heavy atom. The maximum absolute atomic E-state index is 12.6. The van der Waals surface area contributed by atoms with Crippen molar-refractivity contribution in [3.8, 4) is 12.3 Å². The van der Waals surface area contributed by atoms with Crippen molar-refractivity contribution in [3.63, 3.8) is 0 Å². The lowest BCUT2D eigenvalue weighted by Gasteiger charge is -2.20. The summed E-state index contributed by atoms with van der Waals surface area (Å²) in [6, 6.07) is 7.37. The Morgan fingerprint density at radius 2 is 2.33 bits per heavy atom. The number of thiazole rings is 1. The highest BCUT2D eigenvalue weighted by atomic mass is 32.1. The molecule has 0 bridgehead atoms. The van der Waals surface area contributed by atoms with Crippen molar-refractivity contribution >= 4 is 22.9 Å². The summed E-state index contributed by atoms with van der Waals surface area (Å²) in [5.74, 6) is 2.44. The van der Waals surface area contributed by atoms with Crippen LogP contribution in [-0.2, 0) is 11.3 Å². The fourth-order valence-corrected chi connectivity index (χ4v) is 2.68. The molecular weight excluding hydrogens is 284 g/mol. The predicted molar refractivity (Wildman–Crippen MR) is 84.6 cm³/mol. The van der Waals surface area contributed by atoms with E-state index in [4.69, 9.17) is 11.2 Å². The van der Waals surface area contributed by atoms with E-state index in [1.54, 1.807) is 17.4 Å². The maximum atomic E-state index is 12.6. The molecule has 1 aromatic heterocycles. The summed E-state index contributed by atoms with van der Waals surface area (Å²) >= 11 is 1.42. The minimum absolute atomic E-state index is 0.134. The zero-order chi connectivity index (χ0) is 15.2. The van der Waals surface area contributed by atoms with Crippen molar-refractivity contribution in [3.05, 3.63) is 45.9 Å². The van der Waals surface area contributed by atoms with E-state index in [1.807, 2.05) is 31.2 Å². The molecule has 1 amide bonds. The van der Waals surface area contributed by atoms with E-state index in [1.165, 1.54) is 11.3 Å². The number of hydrogen-bond acceptors (Lipinski definition) is 4. The van der Waals surface area contributed by atoms with Crippen molar-refractivity contribution < 1.29 is 9.53 Å². The van der Waals surface area contributed by atoms with Crippen LogP contribution in [0.2, 0.25) is 0 Å². The van der Waals surface area contributed by atoms with Crippen LogP contribution in [0, 0.1) is 12.3 Å². The topological polar surface area (TPSA) is 42.4 Å². The number of benzene rings is 1.